The molecule has 0 spiro atoms. The van der Waals surface area contributed by atoms with Crippen molar-refractivity contribution in [2.45, 2.75) is 6.54 Å². The van der Waals surface area contributed by atoms with E-state index in [4.69, 9.17) is 4.42 Å². The molecule has 4 aromatic rings. The van der Waals surface area contributed by atoms with Gasteiger partial charge in [-0.05, 0) is 29.8 Å². The fourth-order valence-corrected chi connectivity index (χ4v) is 2.26. The maximum atomic E-state index is 5.33. The first-order valence-electron chi connectivity index (χ1n) is 6.38. The highest BCUT2D eigenvalue weighted by molar-refractivity contribution is 5.78. The van der Waals surface area contributed by atoms with Crippen LogP contribution in [0.1, 0.15) is 5.56 Å². The number of nitrogens with one attached hydrogen (secondary N) is 2. The molecule has 20 heavy (non-hydrogen) atoms. The first kappa shape index (κ1) is 11.0. The number of H-pyrrole nitrogens is 1. The summed E-state index contributed by atoms with van der Waals surface area (Å²) in [5.74, 6) is 0. The minimum atomic E-state index is 0.742. The summed E-state index contributed by atoms with van der Waals surface area (Å²) in [5.41, 5.74) is 3.89. The average Bonchev–Trinajstić information content (AvgIpc) is 3.12. The van der Waals surface area contributed by atoms with E-state index >= 15 is 0 Å². The van der Waals surface area contributed by atoms with Crippen molar-refractivity contribution in [3.8, 4) is 0 Å². The van der Waals surface area contributed by atoms with Gasteiger partial charge in [0.25, 0.3) is 0 Å². The Kier molecular flexibility index (Phi) is 2.42. The number of rotatable bonds is 3. The molecule has 98 valence electrons. The Morgan fingerprint density at radius 2 is 2.10 bits per heavy atom. The number of aromatic amines is 1. The summed E-state index contributed by atoms with van der Waals surface area (Å²) >= 11 is 0. The number of benzene rings is 1. The maximum Gasteiger partial charge on any atom is 0.155 e. The third-order valence-corrected chi connectivity index (χ3v) is 3.30. The van der Waals surface area contributed by atoms with Crippen LogP contribution in [0.4, 0.5) is 5.69 Å². The summed E-state index contributed by atoms with van der Waals surface area (Å²) in [5, 5.41) is 12.3. The minimum Gasteiger partial charge on any atom is -0.464 e. The predicted octanol–water partition coefficient (Wildman–Crippen LogP) is 3.32. The van der Waals surface area contributed by atoms with Gasteiger partial charge in [-0.15, -0.1) is 0 Å². The number of furan rings is 1. The number of aromatic nitrogens is 3. The molecule has 0 amide bonds. The summed E-state index contributed by atoms with van der Waals surface area (Å²) in [6.45, 7) is 0.742. The number of fused-ring (bicyclic) bond motifs is 2. The third-order valence-electron chi connectivity index (χ3n) is 3.30. The first-order chi connectivity index (χ1) is 9.88. The number of hydrogen-bond acceptors (Lipinski definition) is 4. The zero-order chi connectivity index (χ0) is 13.4. The van der Waals surface area contributed by atoms with E-state index in [1.807, 2.05) is 18.2 Å². The molecule has 1 aromatic carbocycles. The van der Waals surface area contributed by atoms with Crippen LogP contribution in [0, 0.1) is 0 Å². The number of pyridine rings is 1. The highest BCUT2D eigenvalue weighted by atomic mass is 16.3. The van der Waals surface area contributed by atoms with Crippen molar-refractivity contribution >= 4 is 27.7 Å². The zero-order valence-electron chi connectivity index (χ0n) is 10.6. The van der Waals surface area contributed by atoms with Crippen molar-refractivity contribution in [2.75, 3.05) is 5.32 Å². The van der Waals surface area contributed by atoms with Crippen LogP contribution < -0.4 is 5.32 Å². The molecule has 0 aliphatic heterocycles. The van der Waals surface area contributed by atoms with Gasteiger partial charge in [0.1, 0.15) is 5.58 Å². The Morgan fingerprint density at radius 1 is 1.10 bits per heavy atom. The minimum absolute atomic E-state index is 0.742. The number of nitrogens with zero attached hydrogens (tertiary/aromatic N) is 2. The molecule has 0 aliphatic rings. The normalized spacial score (nSPS) is 11.2. The van der Waals surface area contributed by atoms with Gasteiger partial charge in [0.15, 0.2) is 5.65 Å². The van der Waals surface area contributed by atoms with Gasteiger partial charge in [-0.1, -0.05) is 6.07 Å². The Labute approximate surface area is 114 Å². The van der Waals surface area contributed by atoms with Gasteiger partial charge in [-0.2, -0.15) is 5.10 Å². The van der Waals surface area contributed by atoms with Crippen molar-refractivity contribution in [3.63, 3.8) is 0 Å². The Bertz CT molecular complexity index is 803. The Hall–Kier alpha value is -2.82. The van der Waals surface area contributed by atoms with Crippen LogP contribution in [0.2, 0.25) is 0 Å². The van der Waals surface area contributed by atoms with E-state index in [9.17, 15) is 0 Å². The lowest BCUT2D eigenvalue weighted by atomic mass is 10.1. The molecule has 0 radical (unpaired) electrons. The van der Waals surface area contributed by atoms with Crippen molar-refractivity contribution in [1.29, 1.82) is 0 Å². The van der Waals surface area contributed by atoms with Gasteiger partial charge in [0, 0.05) is 17.3 Å². The van der Waals surface area contributed by atoms with Crippen LogP contribution in [0.25, 0.3) is 22.0 Å². The lowest BCUT2D eigenvalue weighted by Crippen LogP contribution is -1.99. The van der Waals surface area contributed by atoms with Gasteiger partial charge in [0.2, 0.25) is 0 Å². The SMILES string of the molecule is c1cc2cc(CNc3cnc4[nH]ncc4c3)ccc2o1. The van der Waals surface area contributed by atoms with E-state index in [0.29, 0.717) is 0 Å². The van der Waals surface area contributed by atoms with Crippen LogP contribution in [0.5, 0.6) is 0 Å². The lowest BCUT2D eigenvalue weighted by Gasteiger charge is -2.06. The first-order valence-corrected chi connectivity index (χ1v) is 6.38. The molecule has 0 saturated carbocycles. The van der Waals surface area contributed by atoms with Crippen molar-refractivity contribution < 1.29 is 4.42 Å². The molecule has 2 N–H and O–H groups in total. The molecule has 0 unspecified atom stereocenters. The highest BCUT2D eigenvalue weighted by Crippen LogP contribution is 2.19. The molecular weight excluding hydrogens is 252 g/mol. The molecule has 0 saturated heterocycles. The van der Waals surface area contributed by atoms with E-state index < -0.39 is 0 Å². The van der Waals surface area contributed by atoms with Gasteiger partial charge in [-0.3, -0.25) is 5.10 Å². The molecular formula is C15H12N4O. The van der Waals surface area contributed by atoms with Crippen molar-refractivity contribution in [1.82, 2.24) is 15.2 Å². The molecule has 0 bridgehead atoms. The van der Waals surface area contributed by atoms with Gasteiger partial charge >= 0.3 is 0 Å². The topological polar surface area (TPSA) is 66.7 Å². The second-order valence-corrected chi connectivity index (χ2v) is 4.68. The highest BCUT2D eigenvalue weighted by Gasteiger charge is 2.01. The van der Waals surface area contributed by atoms with E-state index in [2.05, 4.69) is 32.6 Å². The predicted molar refractivity (Wildman–Crippen MR) is 77.4 cm³/mol. The number of anilines is 1. The second-order valence-electron chi connectivity index (χ2n) is 4.68. The zero-order valence-corrected chi connectivity index (χ0v) is 10.6. The summed E-state index contributed by atoms with van der Waals surface area (Å²) in [7, 11) is 0. The summed E-state index contributed by atoms with van der Waals surface area (Å²) in [4.78, 5) is 4.30. The Balaban J connectivity index is 1.56. The largest absolute Gasteiger partial charge is 0.464 e. The molecule has 5 nitrogen and oxygen atoms in total. The van der Waals surface area contributed by atoms with Crippen molar-refractivity contribution in [2.24, 2.45) is 0 Å². The van der Waals surface area contributed by atoms with E-state index in [0.717, 1.165) is 34.2 Å². The molecule has 0 aliphatic carbocycles. The average molecular weight is 264 g/mol. The molecule has 3 aromatic heterocycles. The third kappa shape index (κ3) is 1.89. The molecule has 3 heterocycles. The van der Waals surface area contributed by atoms with Gasteiger partial charge in [0.05, 0.1) is 24.3 Å². The van der Waals surface area contributed by atoms with Crippen LogP contribution in [-0.2, 0) is 6.54 Å². The summed E-state index contributed by atoms with van der Waals surface area (Å²) in [6.07, 6.45) is 5.28. The fourth-order valence-electron chi connectivity index (χ4n) is 2.26. The molecule has 4 rings (SSSR count). The van der Waals surface area contributed by atoms with Crippen LogP contribution in [-0.4, -0.2) is 15.2 Å². The Morgan fingerprint density at radius 3 is 3.10 bits per heavy atom. The quantitative estimate of drug-likeness (QED) is 0.595. The second kappa shape index (κ2) is 4.38. The monoisotopic (exact) mass is 264 g/mol. The van der Waals surface area contributed by atoms with Crippen LogP contribution >= 0.6 is 0 Å². The molecule has 0 atom stereocenters. The smallest absolute Gasteiger partial charge is 0.155 e. The maximum absolute atomic E-state index is 5.33. The van der Waals surface area contributed by atoms with Gasteiger partial charge in [-0.25, -0.2) is 4.98 Å². The van der Waals surface area contributed by atoms with E-state index in [1.54, 1.807) is 18.7 Å². The summed E-state index contributed by atoms with van der Waals surface area (Å²) in [6, 6.07) is 10.2. The molecule has 5 heteroatoms. The standard InChI is InChI=1S/C15H12N4O/c1-2-14-11(3-4-20-14)5-10(1)7-16-13-6-12-8-18-19-15(12)17-9-13/h1-6,8-9,16H,7H2,(H,17,18,19). The van der Waals surface area contributed by atoms with Crippen LogP contribution in [0.15, 0.2) is 53.4 Å². The lowest BCUT2D eigenvalue weighted by molar-refractivity contribution is 0.616. The fraction of sp³-hybridized carbons (Fsp3) is 0.0667. The van der Waals surface area contributed by atoms with Crippen molar-refractivity contribution in [3.05, 3.63) is 54.6 Å². The van der Waals surface area contributed by atoms with E-state index in [-0.39, 0.29) is 0 Å². The molecule has 0 fully saturated rings. The summed E-state index contributed by atoms with van der Waals surface area (Å²) < 4.78 is 5.33. The van der Waals surface area contributed by atoms with E-state index in [1.165, 1.54) is 5.56 Å². The van der Waals surface area contributed by atoms with Crippen LogP contribution in [0.3, 0.4) is 0 Å². The number of hydrogen-bond donors (Lipinski definition) is 2. The van der Waals surface area contributed by atoms with Gasteiger partial charge < -0.3 is 9.73 Å².